The van der Waals surface area contributed by atoms with Gasteiger partial charge in [-0.1, -0.05) is 30.3 Å². The van der Waals surface area contributed by atoms with Crippen LogP contribution in [-0.2, 0) is 4.79 Å². The molecular weight excluding hydrogens is 266 g/mol. The van der Waals surface area contributed by atoms with Crippen molar-refractivity contribution in [1.29, 1.82) is 10.5 Å². The van der Waals surface area contributed by atoms with Gasteiger partial charge in [0.15, 0.2) is 5.78 Å². The molecule has 0 aliphatic carbocycles. The molecule has 0 aromatic heterocycles. The van der Waals surface area contributed by atoms with Gasteiger partial charge < -0.3 is 4.90 Å². The summed E-state index contributed by atoms with van der Waals surface area (Å²) < 4.78 is 0. The lowest BCUT2D eigenvalue weighted by molar-refractivity contribution is -0.131. The maximum absolute atomic E-state index is 12.0. The molecule has 0 spiro atoms. The van der Waals surface area contributed by atoms with Crippen LogP contribution in [-0.4, -0.2) is 29.7 Å². The lowest BCUT2D eigenvalue weighted by Crippen LogP contribution is -2.32. The molecule has 1 aromatic rings. The highest BCUT2D eigenvalue weighted by atomic mass is 16.2. The highest BCUT2D eigenvalue weighted by molar-refractivity contribution is 5.97. The van der Waals surface area contributed by atoms with E-state index in [4.69, 9.17) is 10.5 Å². The number of benzene rings is 1. The fourth-order valence-corrected chi connectivity index (χ4v) is 1.88. The monoisotopic (exact) mass is 283 g/mol. The summed E-state index contributed by atoms with van der Waals surface area (Å²) in [6, 6.07) is 12.8. The van der Waals surface area contributed by atoms with E-state index >= 15 is 0 Å². The normalized spacial score (nSPS) is 9.43. The summed E-state index contributed by atoms with van der Waals surface area (Å²) in [4.78, 5) is 25.4. The van der Waals surface area contributed by atoms with E-state index < -0.39 is 0 Å². The first-order chi connectivity index (χ1) is 10.2. The molecule has 1 aromatic carbocycles. The molecule has 0 atom stereocenters. The largest absolute Gasteiger partial charge is 0.341 e. The standard InChI is InChI=1S/C16H17N3O2/c17-10-4-12-19(13-5-11-18)16(21)9-8-15(20)14-6-2-1-3-7-14/h1-3,6-7H,4-5,8-9,12-13H2. The Kier molecular flexibility index (Phi) is 7.24. The van der Waals surface area contributed by atoms with Crippen LogP contribution >= 0.6 is 0 Å². The number of amides is 1. The molecule has 5 nitrogen and oxygen atoms in total. The molecule has 1 amide bonds. The Balaban J connectivity index is 2.51. The Bertz CT molecular complexity index is 537. The van der Waals surface area contributed by atoms with Crippen molar-refractivity contribution in [2.45, 2.75) is 25.7 Å². The maximum atomic E-state index is 12.0. The maximum Gasteiger partial charge on any atom is 0.223 e. The predicted molar refractivity (Wildman–Crippen MR) is 77.0 cm³/mol. The molecule has 0 saturated carbocycles. The minimum absolute atomic E-state index is 0.0792. The first kappa shape index (κ1) is 16.4. The van der Waals surface area contributed by atoms with Gasteiger partial charge in [-0.05, 0) is 0 Å². The van der Waals surface area contributed by atoms with Gasteiger partial charge in [0, 0.05) is 31.5 Å². The predicted octanol–water partition coefficient (Wildman–Crippen LogP) is 2.31. The second-order valence-electron chi connectivity index (χ2n) is 4.49. The van der Waals surface area contributed by atoms with Crippen LogP contribution in [0, 0.1) is 22.7 Å². The average Bonchev–Trinajstić information content (AvgIpc) is 2.53. The molecule has 0 aliphatic heterocycles. The second-order valence-corrected chi connectivity index (χ2v) is 4.49. The van der Waals surface area contributed by atoms with Crippen LogP contribution in [0.25, 0.3) is 0 Å². The van der Waals surface area contributed by atoms with E-state index in [-0.39, 0.29) is 37.4 Å². The highest BCUT2D eigenvalue weighted by Gasteiger charge is 2.15. The lowest BCUT2D eigenvalue weighted by Gasteiger charge is -2.20. The quantitative estimate of drug-likeness (QED) is 0.685. The van der Waals surface area contributed by atoms with Crippen LogP contribution in [0.2, 0.25) is 0 Å². The summed E-state index contributed by atoms with van der Waals surface area (Å²) in [5, 5.41) is 17.2. The van der Waals surface area contributed by atoms with Crippen molar-refractivity contribution in [2.75, 3.05) is 13.1 Å². The van der Waals surface area contributed by atoms with E-state index in [1.165, 1.54) is 4.90 Å². The van der Waals surface area contributed by atoms with Crippen LogP contribution < -0.4 is 0 Å². The number of Topliss-reactive ketones (excluding diaryl/α,β-unsaturated/α-hetero) is 1. The third-order valence-electron chi connectivity index (χ3n) is 3.00. The SMILES string of the molecule is N#CCCN(CCC#N)C(=O)CCC(=O)c1ccccc1. The molecule has 0 unspecified atom stereocenters. The molecule has 0 aliphatic rings. The van der Waals surface area contributed by atoms with E-state index in [0.29, 0.717) is 18.7 Å². The fourth-order valence-electron chi connectivity index (χ4n) is 1.88. The van der Waals surface area contributed by atoms with Gasteiger partial charge in [0.25, 0.3) is 0 Å². The number of carbonyl (C=O) groups excluding carboxylic acids is 2. The van der Waals surface area contributed by atoms with Crippen LogP contribution in [0.3, 0.4) is 0 Å². The molecule has 0 heterocycles. The van der Waals surface area contributed by atoms with E-state index in [0.717, 1.165) is 0 Å². The van der Waals surface area contributed by atoms with E-state index in [9.17, 15) is 9.59 Å². The van der Waals surface area contributed by atoms with Crippen molar-refractivity contribution in [1.82, 2.24) is 4.90 Å². The number of rotatable bonds is 8. The summed E-state index contributed by atoms with van der Waals surface area (Å²) in [5.74, 6) is -0.269. The third kappa shape index (κ3) is 5.88. The zero-order chi connectivity index (χ0) is 15.5. The van der Waals surface area contributed by atoms with Gasteiger partial charge in [-0.2, -0.15) is 10.5 Å². The van der Waals surface area contributed by atoms with Crippen molar-refractivity contribution in [3.63, 3.8) is 0 Å². The van der Waals surface area contributed by atoms with E-state index in [2.05, 4.69) is 0 Å². The molecule has 0 radical (unpaired) electrons. The number of hydrogen-bond donors (Lipinski definition) is 0. The van der Waals surface area contributed by atoms with Crippen LogP contribution in [0.4, 0.5) is 0 Å². The molecule has 0 saturated heterocycles. The topological polar surface area (TPSA) is 85.0 Å². The van der Waals surface area contributed by atoms with Crippen LogP contribution in [0.1, 0.15) is 36.0 Å². The smallest absolute Gasteiger partial charge is 0.223 e. The molecule has 0 fully saturated rings. The Morgan fingerprint density at radius 1 is 0.952 bits per heavy atom. The van der Waals surface area contributed by atoms with Crippen LogP contribution in [0.15, 0.2) is 30.3 Å². The number of carbonyl (C=O) groups is 2. The lowest BCUT2D eigenvalue weighted by atomic mass is 10.1. The Morgan fingerprint density at radius 2 is 1.52 bits per heavy atom. The van der Waals surface area contributed by atoms with Crippen molar-refractivity contribution in [3.05, 3.63) is 35.9 Å². The van der Waals surface area contributed by atoms with Crippen molar-refractivity contribution in [3.8, 4) is 12.1 Å². The summed E-state index contributed by atoms with van der Waals surface area (Å²) in [7, 11) is 0. The minimum atomic E-state index is -0.190. The van der Waals surface area contributed by atoms with Gasteiger partial charge in [0.05, 0.1) is 25.0 Å². The Labute approximate surface area is 124 Å². The van der Waals surface area contributed by atoms with Crippen molar-refractivity contribution < 1.29 is 9.59 Å². The number of hydrogen-bond acceptors (Lipinski definition) is 4. The zero-order valence-corrected chi connectivity index (χ0v) is 11.8. The third-order valence-corrected chi connectivity index (χ3v) is 3.00. The van der Waals surface area contributed by atoms with E-state index in [1.807, 2.05) is 18.2 Å². The van der Waals surface area contributed by atoms with E-state index in [1.54, 1.807) is 24.3 Å². The molecule has 0 bridgehead atoms. The summed E-state index contributed by atoms with van der Waals surface area (Å²) >= 11 is 0. The number of nitriles is 2. The molecule has 5 heteroatoms. The van der Waals surface area contributed by atoms with Gasteiger partial charge in [-0.3, -0.25) is 9.59 Å². The molecule has 1 rings (SSSR count). The molecule has 108 valence electrons. The van der Waals surface area contributed by atoms with Crippen molar-refractivity contribution >= 4 is 11.7 Å². The Morgan fingerprint density at radius 3 is 2.05 bits per heavy atom. The van der Waals surface area contributed by atoms with Gasteiger partial charge in [-0.25, -0.2) is 0 Å². The van der Waals surface area contributed by atoms with Crippen LogP contribution in [0.5, 0.6) is 0 Å². The summed E-state index contributed by atoms with van der Waals surface area (Å²) in [5.41, 5.74) is 0.589. The van der Waals surface area contributed by atoms with Gasteiger partial charge in [0.2, 0.25) is 5.91 Å². The van der Waals surface area contributed by atoms with Gasteiger partial charge in [-0.15, -0.1) is 0 Å². The number of ketones is 1. The summed E-state index contributed by atoms with van der Waals surface area (Å²) in [6.07, 6.45) is 0.691. The highest BCUT2D eigenvalue weighted by Crippen LogP contribution is 2.07. The minimum Gasteiger partial charge on any atom is -0.341 e. The van der Waals surface area contributed by atoms with Gasteiger partial charge in [0.1, 0.15) is 0 Å². The first-order valence-corrected chi connectivity index (χ1v) is 6.79. The Hall–Kier alpha value is -2.66. The fraction of sp³-hybridized carbons (Fsp3) is 0.375. The molecule has 0 N–H and O–H groups in total. The molecule has 21 heavy (non-hydrogen) atoms. The average molecular weight is 283 g/mol. The van der Waals surface area contributed by atoms with Gasteiger partial charge >= 0.3 is 0 Å². The molecular formula is C16H17N3O2. The van der Waals surface area contributed by atoms with Crippen molar-refractivity contribution in [2.24, 2.45) is 0 Å². The first-order valence-electron chi connectivity index (χ1n) is 6.79. The second kappa shape index (κ2) is 9.28. The summed E-state index contributed by atoms with van der Waals surface area (Å²) in [6.45, 7) is 0.604. The number of nitrogens with zero attached hydrogens (tertiary/aromatic N) is 3. The zero-order valence-electron chi connectivity index (χ0n) is 11.8.